The van der Waals surface area contributed by atoms with Gasteiger partial charge in [0, 0.05) is 34.5 Å². The number of nitrogens with two attached hydrogens (primary N) is 1. The molecule has 4 rings (SSSR count). The van der Waals surface area contributed by atoms with Crippen LogP contribution in [0.5, 0.6) is 0 Å². The molecule has 2 amide bonds. The summed E-state index contributed by atoms with van der Waals surface area (Å²) in [5.41, 5.74) is 9.95. The van der Waals surface area contributed by atoms with Crippen LogP contribution in [0.1, 0.15) is 74.4 Å². The van der Waals surface area contributed by atoms with E-state index in [4.69, 9.17) is 10.5 Å². The summed E-state index contributed by atoms with van der Waals surface area (Å²) in [5, 5.41) is 15.9. The number of aliphatic hydroxyl groups excluding tert-OH is 1. The molecular weight excluding hydrogens is 544 g/mol. The highest BCUT2D eigenvalue weighted by Gasteiger charge is 2.19. The first-order chi connectivity index (χ1) is 20.2. The van der Waals surface area contributed by atoms with Crippen molar-refractivity contribution in [1.82, 2.24) is 15.0 Å². The molecule has 0 unspecified atom stereocenters. The summed E-state index contributed by atoms with van der Waals surface area (Å²) in [6, 6.07) is 19.9. The lowest BCUT2D eigenvalue weighted by Crippen LogP contribution is -2.27. The number of hydrogen-bond donors (Lipinski definition) is 4. The van der Waals surface area contributed by atoms with Gasteiger partial charge in [-0.2, -0.15) is 9.97 Å². The summed E-state index contributed by atoms with van der Waals surface area (Å²) in [5.74, 6) is 0.432. The molecule has 224 valence electrons. The molecule has 3 aromatic carbocycles. The minimum atomic E-state index is -0.598. The summed E-state index contributed by atoms with van der Waals surface area (Å²) in [6.07, 6.45) is -0.186. The Kier molecular flexibility index (Phi) is 9.10. The first kappa shape index (κ1) is 31.1. The zero-order chi connectivity index (χ0) is 31.4. The number of nitrogens with zero attached hydrogens (tertiary/aromatic N) is 3. The monoisotopic (exact) mass is 582 g/mol. The van der Waals surface area contributed by atoms with Crippen molar-refractivity contribution in [1.29, 1.82) is 0 Å². The number of ether oxygens (including phenoxy) is 1. The van der Waals surface area contributed by atoms with E-state index >= 15 is 0 Å². The smallest absolute Gasteiger partial charge is 0.412 e. The van der Waals surface area contributed by atoms with Crippen LogP contribution in [0.4, 0.5) is 22.1 Å². The van der Waals surface area contributed by atoms with Crippen molar-refractivity contribution in [3.8, 4) is 11.4 Å². The van der Waals surface area contributed by atoms with Gasteiger partial charge in [0.15, 0.2) is 5.82 Å². The third-order valence-electron chi connectivity index (χ3n) is 6.50. The first-order valence-corrected chi connectivity index (χ1v) is 14.0. The van der Waals surface area contributed by atoms with E-state index < -0.39 is 11.7 Å². The minimum absolute atomic E-state index is 0.0267. The van der Waals surface area contributed by atoms with Crippen LogP contribution >= 0.6 is 0 Å². The fourth-order valence-corrected chi connectivity index (χ4v) is 4.35. The molecule has 0 saturated carbocycles. The Hall–Kier alpha value is -4.83. The van der Waals surface area contributed by atoms with Gasteiger partial charge in [-0.1, -0.05) is 57.2 Å². The molecule has 0 radical (unpaired) electrons. The number of carbonyl (C=O) groups is 2. The molecule has 1 heterocycles. The lowest BCUT2D eigenvalue weighted by molar-refractivity contribution is 0.0635. The van der Waals surface area contributed by atoms with Gasteiger partial charge in [-0.05, 0) is 67.6 Å². The number of carbonyl (C=O) groups excluding carboxylic acids is 2. The highest BCUT2D eigenvalue weighted by Crippen LogP contribution is 2.29. The number of hydrogen-bond acceptors (Lipinski definition) is 8. The van der Waals surface area contributed by atoms with Gasteiger partial charge in [0.05, 0.1) is 6.61 Å². The first-order valence-electron chi connectivity index (χ1n) is 14.0. The minimum Gasteiger partial charge on any atom is -0.444 e. The molecule has 0 spiro atoms. The van der Waals surface area contributed by atoms with E-state index in [-0.39, 0.29) is 29.7 Å². The van der Waals surface area contributed by atoms with Crippen molar-refractivity contribution >= 4 is 29.3 Å². The van der Waals surface area contributed by atoms with Crippen LogP contribution in [0.2, 0.25) is 0 Å². The molecule has 10 heteroatoms. The third kappa shape index (κ3) is 8.36. The van der Waals surface area contributed by atoms with Crippen molar-refractivity contribution in [3.63, 3.8) is 0 Å². The number of nitrogens with one attached hydrogen (secondary N) is 2. The summed E-state index contributed by atoms with van der Waals surface area (Å²) in [4.78, 5) is 38.3. The zero-order valence-electron chi connectivity index (χ0n) is 25.4. The second-order valence-corrected chi connectivity index (χ2v) is 12.2. The Labute approximate surface area is 251 Å². The van der Waals surface area contributed by atoms with E-state index in [1.807, 2.05) is 24.3 Å². The van der Waals surface area contributed by atoms with Crippen LogP contribution in [0.25, 0.3) is 11.4 Å². The SMILES string of the molecule is CC(C)(C)OC(=O)Nc1ccc(Cc2nc(N)nc(-c3cccc(NC(=O)c4ccc(C(C)(C)C)cc4)c3CO)n2)cc1. The van der Waals surface area contributed by atoms with Gasteiger partial charge in [0.1, 0.15) is 11.4 Å². The van der Waals surface area contributed by atoms with Crippen molar-refractivity contribution < 1.29 is 19.4 Å². The highest BCUT2D eigenvalue weighted by atomic mass is 16.6. The second kappa shape index (κ2) is 12.6. The zero-order valence-corrected chi connectivity index (χ0v) is 25.4. The fraction of sp³-hybridized carbons (Fsp3) is 0.303. The highest BCUT2D eigenvalue weighted by molar-refractivity contribution is 6.05. The van der Waals surface area contributed by atoms with E-state index in [1.165, 1.54) is 0 Å². The largest absolute Gasteiger partial charge is 0.444 e. The molecule has 0 aliphatic heterocycles. The number of amides is 2. The molecule has 43 heavy (non-hydrogen) atoms. The van der Waals surface area contributed by atoms with E-state index in [9.17, 15) is 14.7 Å². The predicted octanol–water partition coefficient (Wildman–Crippen LogP) is 6.10. The molecule has 4 aromatic rings. The number of anilines is 3. The molecule has 0 aliphatic rings. The molecule has 10 nitrogen and oxygen atoms in total. The van der Waals surface area contributed by atoms with E-state index in [0.717, 1.165) is 11.1 Å². The lowest BCUT2D eigenvalue weighted by atomic mass is 9.86. The topological polar surface area (TPSA) is 152 Å². The normalized spacial score (nSPS) is 11.6. The van der Waals surface area contributed by atoms with Crippen LogP contribution in [0.3, 0.4) is 0 Å². The van der Waals surface area contributed by atoms with Gasteiger partial charge >= 0.3 is 6.09 Å². The Balaban J connectivity index is 1.53. The summed E-state index contributed by atoms with van der Waals surface area (Å²) < 4.78 is 5.29. The third-order valence-corrected chi connectivity index (χ3v) is 6.50. The number of aromatic nitrogens is 3. The number of rotatable bonds is 7. The summed E-state index contributed by atoms with van der Waals surface area (Å²) in [7, 11) is 0. The van der Waals surface area contributed by atoms with E-state index in [2.05, 4.69) is 46.4 Å². The van der Waals surface area contributed by atoms with Gasteiger partial charge < -0.3 is 20.9 Å². The molecule has 0 aliphatic carbocycles. The van der Waals surface area contributed by atoms with Gasteiger partial charge in [-0.15, -0.1) is 0 Å². The molecule has 5 N–H and O–H groups in total. The van der Waals surface area contributed by atoms with Gasteiger partial charge in [-0.3, -0.25) is 10.1 Å². The van der Waals surface area contributed by atoms with Gasteiger partial charge in [-0.25, -0.2) is 9.78 Å². The van der Waals surface area contributed by atoms with E-state index in [0.29, 0.717) is 40.3 Å². The lowest BCUT2D eigenvalue weighted by Gasteiger charge is -2.19. The maximum Gasteiger partial charge on any atom is 0.412 e. The van der Waals surface area contributed by atoms with Crippen molar-refractivity contribution in [2.45, 2.75) is 65.6 Å². The Morgan fingerprint density at radius 3 is 2.14 bits per heavy atom. The van der Waals surface area contributed by atoms with Crippen LogP contribution < -0.4 is 16.4 Å². The Morgan fingerprint density at radius 1 is 0.860 bits per heavy atom. The molecule has 0 atom stereocenters. The van der Waals surface area contributed by atoms with Crippen molar-refractivity contribution in [2.24, 2.45) is 0 Å². The number of nitrogen functional groups attached to an aromatic ring is 1. The van der Waals surface area contributed by atoms with E-state index in [1.54, 1.807) is 63.2 Å². The maximum atomic E-state index is 13.1. The Morgan fingerprint density at radius 2 is 1.53 bits per heavy atom. The van der Waals surface area contributed by atoms with Crippen LogP contribution in [-0.4, -0.2) is 37.7 Å². The predicted molar refractivity (Wildman–Crippen MR) is 168 cm³/mol. The molecular formula is C33H38N6O4. The fourth-order valence-electron chi connectivity index (χ4n) is 4.35. The van der Waals surface area contributed by atoms with Crippen molar-refractivity contribution in [2.75, 3.05) is 16.4 Å². The van der Waals surface area contributed by atoms with Crippen LogP contribution in [0, 0.1) is 0 Å². The number of aliphatic hydroxyl groups is 1. The van der Waals surface area contributed by atoms with Crippen LogP contribution in [0.15, 0.2) is 66.7 Å². The Bertz CT molecular complexity index is 1600. The number of benzene rings is 3. The van der Waals surface area contributed by atoms with Gasteiger partial charge in [0.2, 0.25) is 5.95 Å². The van der Waals surface area contributed by atoms with Crippen molar-refractivity contribution in [3.05, 3.63) is 94.8 Å². The summed E-state index contributed by atoms with van der Waals surface area (Å²) in [6.45, 7) is 11.4. The molecule has 0 fully saturated rings. The second-order valence-electron chi connectivity index (χ2n) is 12.2. The molecule has 1 aromatic heterocycles. The van der Waals surface area contributed by atoms with Gasteiger partial charge in [0.25, 0.3) is 5.91 Å². The average molecular weight is 583 g/mol. The maximum absolute atomic E-state index is 13.1. The summed E-state index contributed by atoms with van der Waals surface area (Å²) >= 11 is 0. The molecule has 0 saturated heterocycles. The molecule has 0 bridgehead atoms. The quantitative estimate of drug-likeness (QED) is 0.204. The standard InChI is InChI=1S/C33H38N6O4/c1-32(2,3)22-14-12-21(13-15-22)29(41)36-26-9-7-8-24(25(26)19-40)28-37-27(38-30(34)39-28)18-20-10-16-23(17-11-20)35-31(42)43-33(4,5)6/h7-17,40H,18-19H2,1-6H3,(H,35,42)(H,36,41)(H2,34,37,38,39). The average Bonchev–Trinajstić information content (AvgIpc) is 2.92. The van der Waals surface area contributed by atoms with Crippen LogP contribution in [-0.2, 0) is 23.2 Å².